The normalized spacial score (nSPS) is 14.5. The maximum Gasteiger partial charge on any atom is 0.252 e. The zero-order valence-corrected chi connectivity index (χ0v) is 17.9. The first-order chi connectivity index (χ1) is 13.6. The number of nitrogens with zero attached hydrogens (tertiary/aromatic N) is 2. The van der Waals surface area contributed by atoms with Crippen LogP contribution in [0.3, 0.4) is 0 Å². The van der Waals surface area contributed by atoms with Gasteiger partial charge in [0.15, 0.2) is 0 Å². The lowest BCUT2D eigenvalue weighted by Gasteiger charge is -2.20. The highest BCUT2D eigenvalue weighted by Crippen LogP contribution is 2.26. The summed E-state index contributed by atoms with van der Waals surface area (Å²) in [6.07, 6.45) is 4.94. The molecule has 3 rings (SSSR count). The number of carbonyl (C=O) groups excluding carboxylic acids is 2. The third-order valence-corrected chi connectivity index (χ3v) is 6.69. The molecule has 0 atom stereocenters. The van der Waals surface area contributed by atoms with Crippen molar-refractivity contribution < 1.29 is 9.59 Å². The van der Waals surface area contributed by atoms with Gasteiger partial charge in [-0.15, -0.1) is 23.1 Å². The number of thioether (sulfide) groups is 1. The molecular weight excluding hydrogens is 390 g/mol. The number of thiazole rings is 1. The molecule has 28 heavy (non-hydrogen) atoms. The minimum absolute atomic E-state index is 0.124. The number of aryl methyl sites for hydroxylation is 1. The quantitative estimate of drug-likeness (QED) is 0.684. The van der Waals surface area contributed by atoms with Crippen LogP contribution in [0.25, 0.3) is 0 Å². The molecule has 5 nitrogen and oxygen atoms in total. The van der Waals surface area contributed by atoms with Gasteiger partial charge in [0.05, 0.1) is 16.3 Å². The monoisotopic (exact) mass is 417 g/mol. The minimum atomic E-state index is -0.124. The van der Waals surface area contributed by atoms with Gasteiger partial charge < -0.3 is 10.2 Å². The van der Waals surface area contributed by atoms with Gasteiger partial charge in [0, 0.05) is 42.1 Å². The zero-order valence-electron chi connectivity index (χ0n) is 16.3. The largest absolute Gasteiger partial charge is 0.351 e. The van der Waals surface area contributed by atoms with Gasteiger partial charge in [0.2, 0.25) is 5.91 Å². The lowest BCUT2D eigenvalue weighted by Crippen LogP contribution is -2.35. The van der Waals surface area contributed by atoms with E-state index in [0.717, 1.165) is 47.3 Å². The summed E-state index contributed by atoms with van der Waals surface area (Å²) >= 11 is 3.25. The van der Waals surface area contributed by atoms with E-state index in [4.69, 9.17) is 0 Å². The van der Waals surface area contributed by atoms with Crippen LogP contribution in [-0.4, -0.2) is 41.3 Å². The Morgan fingerprint density at radius 2 is 1.93 bits per heavy atom. The van der Waals surface area contributed by atoms with Gasteiger partial charge in [0.1, 0.15) is 0 Å². The first-order valence-electron chi connectivity index (χ1n) is 9.82. The Bertz CT molecular complexity index is 798. The Hall–Kier alpha value is -1.86. The molecule has 0 spiro atoms. The van der Waals surface area contributed by atoms with Crippen LogP contribution in [0.4, 0.5) is 0 Å². The van der Waals surface area contributed by atoms with Crippen molar-refractivity contribution in [2.75, 3.05) is 19.6 Å². The van der Waals surface area contributed by atoms with Crippen LogP contribution >= 0.6 is 23.1 Å². The molecule has 2 heterocycles. The predicted octanol–water partition coefficient (Wildman–Crippen LogP) is 4.27. The molecule has 2 aromatic rings. The van der Waals surface area contributed by atoms with Crippen LogP contribution < -0.4 is 5.32 Å². The first kappa shape index (κ1) is 20.9. The van der Waals surface area contributed by atoms with E-state index in [1.54, 1.807) is 23.1 Å². The standard InChI is InChI=1S/C21H27N3O2S2/c1-16-23-17(14-27-16)15-28-19-9-5-4-8-18(19)21(26)22-11-10-20(25)24-12-6-2-3-7-13-24/h4-5,8-9,14H,2-3,6-7,10-13,15H2,1H3,(H,22,26). The third kappa shape index (κ3) is 6.07. The second-order valence-corrected chi connectivity index (χ2v) is 9.02. The van der Waals surface area contributed by atoms with Crippen molar-refractivity contribution in [1.82, 2.24) is 15.2 Å². The maximum atomic E-state index is 12.6. The number of likely N-dealkylation sites (tertiary alicyclic amines) is 1. The molecule has 7 heteroatoms. The summed E-state index contributed by atoms with van der Waals surface area (Å²) < 4.78 is 0. The van der Waals surface area contributed by atoms with Crippen molar-refractivity contribution in [2.45, 2.75) is 49.7 Å². The predicted molar refractivity (Wildman–Crippen MR) is 115 cm³/mol. The Balaban J connectivity index is 1.50. The summed E-state index contributed by atoms with van der Waals surface area (Å²) in [6, 6.07) is 7.60. The Morgan fingerprint density at radius 3 is 2.64 bits per heavy atom. The van der Waals surface area contributed by atoms with Crippen molar-refractivity contribution in [3.05, 3.63) is 45.9 Å². The maximum absolute atomic E-state index is 12.6. The summed E-state index contributed by atoms with van der Waals surface area (Å²) in [6.45, 7) is 4.07. The van der Waals surface area contributed by atoms with Crippen molar-refractivity contribution in [2.24, 2.45) is 0 Å². The fourth-order valence-corrected chi connectivity index (χ4v) is 4.92. The fraction of sp³-hybridized carbons (Fsp3) is 0.476. The van der Waals surface area contributed by atoms with Crippen LogP contribution in [0.5, 0.6) is 0 Å². The molecule has 1 saturated heterocycles. The molecule has 2 amide bonds. The number of amides is 2. The Morgan fingerprint density at radius 1 is 1.18 bits per heavy atom. The SMILES string of the molecule is Cc1nc(CSc2ccccc2C(=O)NCCC(=O)N2CCCCCC2)cs1. The summed E-state index contributed by atoms with van der Waals surface area (Å²) in [7, 11) is 0. The molecule has 0 saturated carbocycles. The van der Waals surface area contributed by atoms with Crippen molar-refractivity contribution in [3.63, 3.8) is 0 Å². The van der Waals surface area contributed by atoms with Gasteiger partial charge in [-0.1, -0.05) is 25.0 Å². The molecular formula is C21H27N3O2S2. The topological polar surface area (TPSA) is 62.3 Å². The average molecular weight is 418 g/mol. The summed E-state index contributed by atoms with van der Waals surface area (Å²) in [5, 5.41) is 6.02. The van der Waals surface area contributed by atoms with Crippen LogP contribution in [0, 0.1) is 6.92 Å². The molecule has 0 bridgehead atoms. The zero-order chi connectivity index (χ0) is 19.8. The van der Waals surface area contributed by atoms with E-state index in [1.165, 1.54) is 12.8 Å². The molecule has 150 valence electrons. The van der Waals surface area contributed by atoms with Crippen LogP contribution in [0.15, 0.2) is 34.5 Å². The van der Waals surface area contributed by atoms with Crippen molar-refractivity contribution in [3.8, 4) is 0 Å². The van der Waals surface area contributed by atoms with E-state index < -0.39 is 0 Å². The lowest BCUT2D eigenvalue weighted by molar-refractivity contribution is -0.131. The smallest absolute Gasteiger partial charge is 0.252 e. The van der Waals surface area contributed by atoms with E-state index >= 15 is 0 Å². The highest BCUT2D eigenvalue weighted by molar-refractivity contribution is 7.98. The highest BCUT2D eigenvalue weighted by Gasteiger charge is 2.16. The van der Waals surface area contributed by atoms with Gasteiger partial charge in [-0.3, -0.25) is 9.59 Å². The first-order valence-corrected chi connectivity index (χ1v) is 11.7. The summed E-state index contributed by atoms with van der Waals surface area (Å²) in [5.41, 5.74) is 1.69. The average Bonchev–Trinajstić information content (AvgIpc) is 2.94. The number of aromatic nitrogens is 1. The second kappa shape index (κ2) is 10.6. The van der Waals surface area contributed by atoms with Crippen LogP contribution in [-0.2, 0) is 10.5 Å². The van der Waals surface area contributed by atoms with E-state index in [2.05, 4.69) is 15.7 Å². The van der Waals surface area contributed by atoms with Crippen LogP contribution in [0.2, 0.25) is 0 Å². The van der Waals surface area contributed by atoms with Gasteiger partial charge in [-0.2, -0.15) is 0 Å². The number of hydrogen-bond donors (Lipinski definition) is 1. The minimum Gasteiger partial charge on any atom is -0.351 e. The van der Waals surface area contributed by atoms with E-state index in [-0.39, 0.29) is 11.8 Å². The molecule has 1 aromatic carbocycles. The number of benzene rings is 1. The molecule has 1 aliphatic heterocycles. The van der Waals surface area contributed by atoms with Gasteiger partial charge >= 0.3 is 0 Å². The van der Waals surface area contributed by atoms with Gasteiger partial charge in [-0.05, 0) is 31.9 Å². The number of nitrogens with one attached hydrogen (secondary N) is 1. The number of rotatable bonds is 7. The molecule has 1 aliphatic rings. The Labute approximate surface area is 174 Å². The Kier molecular flexibility index (Phi) is 7.91. The van der Waals surface area contributed by atoms with E-state index in [1.807, 2.05) is 36.1 Å². The number of carbonyl (C=O) groups is 2. The van der Waals surface area contributed by atoms with Gasteiger partial charge in [-0.25, -0.2) is 4.98 Å². The fourth-order valence-electron chi connectivity index (χ4n) is 3.26. The van der Waals surface area contributed by atoms with E-state index in [9.17, 15) is 9.59 Å². The van der Waals surface area contributed by atoms with Crippen molar-refractivity contribution in [1.29, 1.82) is 0 Å². The summed E-state index contributed by atoms with van der Waals surface area (Å²) in [5.74, 6) is 0.757. The van der Waals surface area contributed by atoms with Crippen LogP contribution in [0.1, 0.15) is 53.2 Å². The van der Waals surface area contributed by atoms with E-state index in [0.29, 0.717) is 18.5 Å². The van der Waals surface area contributed by atoms with Crippen molar-refractivity contribution >= 4 is 34.9 Å². The number of hydrogen-bond acceptors (Lipinski definition) is 5. The molecule has 0 aliphatic carbocycles. The second-order valence-electron chi connectivity index (χ2n) is 6.94. The molecule has 1 aromatic heterocycles. The molecule has 0 radical (unpaired) electrons. The lowest BCUT2D eigenvalue weighted by atomic mass is 10.2. The highest BCUT2D eigenvalue weighted by atomic mass is 32.2. The molecule has 1 N–H and O–H groups in total. The molecule has 1 fully saturated rings. The third-order valence-electron chi connectivity index (χ3n) is 4.76. The van der Waals surface area contributed by atoms with Gasteiger partial charge in [0.25, 0.3) is 5.91 Å². The molecule has 0 unspecified atom stereocenters. The summed E-state index contributed by atoms with van der Waals surface area (Å²) in [4.78, 5) is 32.3.